The van der Waals surface area contributed by atoms with Gasteiger partial charge in [0.2, 0.25) is 0 Å². The number of urea groups is 1. The van der Waals surface area contributed by atoms with Gasteiger partial charge in [0.1, 0.15) is 5.54 Å². The van der Waals surface area contributed by atoms with Gasteiger partial charge in [-0.25, -0.2) is 9.59 Å². The number of unbranched alkanes of at least 4 members (excludes halogenated alkanes) is 2. The zero-order valence-corrected chi connectivity index (χ0v) is 11.9. The van der Waals surface area contributed by atoms with Crippen LogP contribution in [0.25, 0.3) is 0 Å². The molecule has 7 heteroatoms. The van der Waals surface area contributed by atoms with Gasteiger partial charge in [0.05, 0.1) is 0 Å². The number of amides is 2. The average molecular weight is 288 g/mol. The van der Waals surface area contributed by atoms with Gasteiger partial charge in [-0.1, -0.05) is 0 Å². The number of carboxylic acid groups (broad SMARTS) is 1. The summed E-state index contributed by atoms with van der Waals surface area (Å²) >= 11 is 0. The zero-order valence-electron chi connectivity index (χ0n) is 11.9. The zero-order chi connectivity index (χ0) is 14.8. The number of carbonyl (C=O) groups is 2. The van der Waals surface area contributed by atoms with E-state index in [1.807, 2.05) is 0 Å². The highest BCUT2D eigenvalue weighted by Gasteiger charge is 2.41. The molecule has 1 rings (SSSR count). The lowest BCUT2D eigenvalue weighted by Gasteiger charge is -2.33. The van der Waals surface area contributed by atoms with Crippen LogP contribution in [-0.2, 0) is 14.3 Å². The van der Waals surface area contributed by atoms with Gasteiger partial charge in [0.15, 0.2) is 0 Å². The summed E-state index contributed by atoms with van der Waals surface area (Å²) in [6.07, 6.45) is 3.36. The van der Waals surface area contributed by atoms with Crippen LogP contribution in [0, 0.1) is 0 Å². The predicted octanol–water partition coefficient (Wildman–Crippen LogP) is 0.736. The van der Waals surface area contributed by atoms with Crippen LogP contribution in [0.1, 0.15) is 32.1 Å². The molecule has 0 aromatic rings. The molecule has 1 heterocycles. The van der Waals surface area contributed by atoms with E-state index in [9.17, 15) is 14.7 Å². The first-order valence-electron chi connectivity index (χ1n) is 6.97. The van der Waals surface area contributed by atoms with Gasteiger partial charge < -0.3 is 25.2 Å². The summed E-state index contributed by atoms with van der Waals surface area (Å²) in [5.74, 6) is -1.00. The Balaban J connectivity index is 2.27. The van der Waals surface area contributed by atoms with E-state index < -0.39 is 17.5 Å². The molecule has 0 saturated carbocycles. The van der Waals surface area contributed by atoms with Gasteiger partial charge in [0.25, 0.3) is 0 Å². The summed E-state index contributed by atoms with van der Waals surface area (Å²) in [6, 6.07) is -0.430. The van der Waals surface area contributed by atoms with Crippen LogP contribution in [-0.4, -0.2) is 56.1 Å². The number of aliphatic carboxylic acids is 1. The summed E-state index contributed by atoms with van der Waals surface area (Å²) in [5.41, 5.74) is -1.20. The highest BCUT2D eigenvalue weighted by atomic mass is 16.5. The van der Waals surface area contributed by atoms with Crippen LogP contribution in [0.2, 0.25) is 0 Å². The van der Waals surface area contributed by atoms with Gasteiger partial charge in [-0.15, -0.1) is 0 Å². The summed E-state index contributed by atoms with van der Waals surface area (Å²) in [5, 5.41) is 14.6. The Kier molecular flexibility index (Phi) is 7.32. The molecule has 116 valence electrons. The van der Waals surface area contributed by atoms with Crippen molar-refractivity contribution in [1.29, 1.82) is 0 Å². The van der Waals surface area contributed by atoms with Crippen LogP contribution in [0.4, 0.5) is 4.79 Å². The van der Waals surface area contributed by atoms with Crippen molar-refractivity contribution in [2.45, 2.75) is 37.6 Å². The smallest absolute Gasteiger partial charge is 0.329 e. The Morgan fingerprint density at radius 3 is 2.55 bits per heavy atom. The Bertz CT molecular complexity index is 316. The maximum absolute atomic E-state index is 11.8. The van der Waals surface area contributed by atoms with E-state index in [1.54, 1.807) is 7.11 Å². The Morgan fingerprint density at radius 2 is 1.95 bits per heavy atom. The molecule has 0 aliphatic carbocycles. The largest absolute Gasteiger partial charge is 0.480 e. The monoisotopic (exact) mass is 288 g/mol. The molecular weight excluding hydrogens is 264 g/mol. The van der Waals surface area contributed by atoms with E-state index >= 15 is 0 Å². The second kappa shape index (κ2) is 8.76. The van der Waals surface area contributed by atoms with E-state index in [4.69, 9.17) is 9.47 Å². The minimum Gasteiger partial charge on any atom is -0.480 e. The van der Waals surface area contributed by atoms with Gasteiger partial charge in [-0.2, -0.15) is 0 Å². The molecule has 1 aliphatic heterocycles. The SMILES string of the molecule is COCCCCCNC(=O)NC1(C(=O)O)CCOCC1. The van der Waals surface area contributed by atoms with Crippen molar-refractivity contribution in [3.63, 3.8) is 0 Å². The molecular formula is C13H24N2O5. The van der Waals surface area contributed by atoms with E-state index in [1.165, 1.54) is 0 Å². The van der Waals surface area contributed by atoms with Gasteiger partial charge in [-0.3, -0.25) is 0 Å². The van der Waals surface area contributed by atoms with Gasteiger partial charge in [0, 0.05) is 46.3 Å². The van der Waals surface area contributed by atoms with Crippen LogP contribution in [0.5, 0.6) is 0 Å². The number of hydrogen-bond acceptors (Lipinski definition) is 4. The standard InChI is InChI=1S/C13H24N2O5/c1-19-8-4-2-3-7-14-12(18)15-13(11(16)17)5-9-20-10-6-13/h2-10H2,1H3,(H,16,17)(H2,14,15,18). The van der Waals surface area contributed by atoms with Crippen molar-refractivity contribution < 1.29 is 24.2 Å². The maximum atomic E-state index is 11.8. The lowest BCUT2D eigenvalue weighted by atomic mass is 9.90. The van der Waals surface area contributed by atoms with Gasteiger partial charge >= 0.3 is 12.0 Å². The predicted molar refractivity (Wildman–Crippen MR) is 72.7 cm³/mol. The molecule has 0 spiro atoms. The van der Waals surface area contributed by atoms with Crippen molar-refractivity contribution in [3.8, 4) is 0 Å². The minimum absolute atomic E-state index is 0.295. The first-order valence-corrected chi connectivity index (χ1v) is 6.97. The number of rotatable bonds is 8. The first kappa shape index (κ1) is 16.7. The maximum Gasteiger partial charge on any atom is 0.329 e. The summed E-state index contributed by atoms with van der Waals surface area (Å²) in [7, 11) is 1.66. The van der Waals surface area contributed by atoms with Crippen LogP contribution in [0.3, 0.4) is 0 Å². The molecule has 1 aliphatic rings. The van der Waals surface area contributed by atoms with Crippen molar-refractivity contribution in [2.75, 3.05) is 33.5 Å². The van der Waals surface area contributed by atoms with Crippen LogP contribution in [0.15, 0.2) is 0 Å². The normalized spacial score (nSPS) is 17.4. The molecule has 0 radical (unpaired) electrons. The molecule has 7 nitrogen and oxygen atoms in total. The third kappa shape index (κ3) is 5.34. The number of carboxylic acids is 1. The fraction of sp³-hybridized carbons (Fsp3) is 0.846. The first-order chi connectivity index (χ1) is 9.60. The molecule has 0 unspecified atom stereocenters. The third-order valence-corrected chi connectivity index (χ3v) is 3.42. The van der Waals surface area contributed by atoms with E-state index in [2.05, 4.69) is 10.6 Å². The summed E-state index contributed by atoms with van der Waals surface area (Å²) in [4.78, 5) is 23.1. The van der Waals surface area contributed by atoms with Crippen LogP contribution >= 0.6 is 0 Å². The van der Waals surface area contributed by atoms with Gasteiger partial charge in [-0.05, 0) is 19.3 Å². The minimum atomic E-state index is -1.20. The molecule has 20 heavy (non-hydrogen) atoms. The highest BCUT2D eigenvalue weighted by molar-refractivity contribution is 5.86. The number of methoxy groups -OCH3 is 1. The van der Waals surface area contributed by atoms with E-state index in [0.29, 0.717) is 39.2 Å². The topological polar surface area (TPSA) is 96.9 Å². The number of hydrogen-bond donors (Lipinski definition) is 3. The Hall–Kier alpha value is -1.34. The van der Waals surface area contributed by atoms with Crippen molar-refractivity contribution in [2.24, 2.45) is 0 Å². The molecule has 3 N–H and O–H groups in total. The Labute approximate surface area is 119 Å². The molecule has 0 bridgehead atoms. The molecule has 0 atom stereocenters. The number of carbonyl (C=O) groups excluding carboxylic acids is 1. The molecule has 1 saturated heterocycles. The second-order valence-corrected chi connectivity index (χ2v) is 4.93. The number of ether oxygens (including phenoxy) is 2. The quantitative estimate of drug-likeness (QED) is 0.572. The second-order valence-electron chi connectivity index (χ2n) is 4.93. The van der Waals surface area contributed by atoms with E-state index in [0.717, 1.165) is 19.3 Å². The van der Waals surface area contributed by atoms with Crippen molar-refractivity contribution in [1.82, 2.24) is 10.6 Å². The Morgan fingerprint density at radius 1 is 1.25 bits per heavy atom. The van der Waals surface area contributed by atoms with Crippen LogP contribution < -0.4 is 10.6 Å². The van der Waals surface area contributed by atoms with Crippen molar-refractivity contribution >= 4 is 12.0 Å². The van der Waals surface area contributed by atoms with E-state index in [-0.39, 0.29) is 0 Å². The molecule has 1 fully saturated rings. The lowest BCUT2D eigenvalue weighted by molar-refractivity contribution is -0.148. The molecule has 2 amide bonds. The average Bonchev–Trinajstić information content (AvgIpc) is 2.43. The highest BCUT2D eigenvalue weighted by Crippen LogP contribution is 2.20. The fourth-order valence-corrected chi connectivity index (χ4v) is 2.12. The third-order valence-electron chi connectivity index (χ3n) is 3.42. The molecule has 0 aromatic heterocycles. The summed E-state index contributed by atoms with van der Waals surface area (Å²) < 4.78 is 10.1. The fourth-order valence-electron chi connectivity index (χ4n) is 2.12. The summed E-state index contributed by atoms with van der Waals surface area (Å²) in [6.45, 7) is 1.95. The number of nitrogens with one attached hydrogen (secondary N) is 2. The molecule has 0 aromatic carbocycles. The van der Waals surface area contributed by atoms with Crippen molar-refractivity contribution in [3.05, 3.63) is 0 Å². The lowest BCUT2D eigenvalue weighted by Crippen LogP contribution is -2.59.